The second kappa shape index (κ2) is 6.50. The van der Waals surface area contributed by atoms with Gasteiger partial charge in [0.25, 0.3) is 0 Å². The van der Waals surface area contributed by atoms with Gasteiger partial charge in [-0.3, -0.25) is 9.58 Å². The Balaban J connectivity index is 1.48. The molecule has 0 amide bonds. The lowest BCUT2D eigenvalue weighted by atomic mass is 10.2. The Morgan fingerprint density at radius 1 is 1.28 bits per heavy atom. The van der Waals surface area contributed by atoms with Gasteiger partial charge in [-0.2, -0.15) is 5.10 Å². The first-order valence-corrected chi connectivity index (χ1v) is 8.66. The van der Waals surface area contributed by atoms with Gasteiger partial charge < -0.3 is 14.1 Å². The number of aromatic nitrogens is 4. The minimum atomic E-state index is -0.802. The van der Waals surface area contributed by atoms with Crippen molar-refractivity contribution in [2.45, 2.75) is 39.1 Å². The van der Waals surface area contributed by atoms with E-state index in [4.69, 9.17) is 4.42 Å². The van der Waals surface area contributed by atoms with Crippen LogP contribution in [0.4, 0.5) is 0 Å². The summed E-state index contributed by atoms with van der Waals surface area (Å²) in [7, 11) is 1.87. The fraction of sp³-hybridized carbons (Fsp3) is 0.444. The van der Waals surface area contributed by atoms with Gasteiger partial charge in [0.1, 0.15) is 17.3 Å². The van der Waals surface area contributed by atoms with Crippen molar-refractivity contribution in [3.8, 4) is 0 Å². The van der Waals surface area contributed by atoms with E-state index >= 15 is 0 Å². The summed E-state index contributed by atoms with van der Waals surface area (Å²) in [5.74, 6) is 2.63. The highest BCUT2D eigenvalue weighted by Gasteiger charge is 2.24. The van der Waals surface area contributed by atoms with E-state index in [1.807, 2.05) is 34.6 Å². The maximum absolute atomic E-state index is 10.6. The molecule has 25 heavy (non-hydrogen) atoms. The van der Waals surface area contributed by atoms with E-state index in [1.165, 1.54) is 0 Å². The summed E-state index contributed by atoms with van der Waals surface area (Å²) in [6, 6.07) is 6.08. The molecule has 1 atom stereocenters. The second-order valence-corrected chi connectivity index (χ2v) is 6.51. The summed E-state index contributed by atoms with van der Waals surface area (Å²) in [4.78, 5) is 6.56. The molecule has 1 N–H and O–H groups in total. The number of furan rings is 1. The van der Waals surface area contributed by atoms with Gasteiger partial charge in [0, 0.05) is 39.0 Å². The predicted octanol–water partition coefficient (Wildman–Crippen LogP) is 1.87. The zero-order valence-electron chi connectivity index (χ0n) is 14.6. The Bertz CT molecular complexity index is 863. The summed E-state index contributed by atoms with van der Waals surface area (Å²) in [6.45, 7) is 5.40. The van der Waals surface area contributed by atoms with Gasteiger partial charge in [-0.15, -0.1) is 0 Å². The number of nitrogens with zero attached hydrogens (tertiary/aromatic N) is 5. The van der Waals surface area contributed by atoms with Crippen molar-refractivity contribution in [1.82, 2.24) is 24.2 Å². The maximum Gasteiger partial charge on any atom is 0.155 e. The Hall–Kier alpha value is -2.38. The topological polar surface area (TPSA) is 72.2 Å². The average molecular weight is 341 g/mol. The summed E-state index contributed by atoms with van der Waals surface area (Å²) in [6.07, 6.45) is 3.62. The number of hydrogen-bond donors (Lipinski definition) is 1. The molecule has 1 aliphatic heterocycles. The molecular formula is C18H23N5O2. The first-order chi connectivity index (χ1) is 12.1. The Labute approximate surface area is 146 Å². The lowest BCUT2D eigenvalue weighted by Crippen LogP contribution is -2.33. The minimum Gasteiger partial charge on any atom is -0.465 e. The zero-order valence-corrected chi connectivity index (χ0v) is 14.6. The number of imidazole rings is 1. The third-order valence-corrected chi connectivity index (χ3v) is 4.72. The molecule has 0 aliphatic carbocycles. The van der Waals surface area contributed by atoms with Crippen LogP contribution in [0.5, 0.6) is 0 Å². The molecule has 132 valence electrons. The maximum atomic E-state index is 10.6. The number of rotatable bonds is 5. The average Bonchev–Trinajstić information content (AvgIpc) is 3.33. The molecule has 0 saturated heterocycles. The first-order valence-electron chi connectivity index (χ1n) is 8.66. The Morgan fingerprint density at radius 2 is 2.12 bits per heavy atom. The molecule has 1 aliphatic rings. The van der Waals surface area contributed by atoms with Crippen molar-refractivity contribution in [2.75, 3.05) is 6.54 Å². The summed E-state index contributed by atoms with van der Waals surface area (Å²) >= 11 is 0. The number of aliphatic hydroxyl groups is 1. The fourth-order valence-electron chi connectivity index (χ4n) is 3.30. The Morgan fingerprint density at radius 3 is 2.84 bits per heavy atom. The van der Waals surface area contributed by atoms with Crippen LogP contribution < -0.4 is 0 Å². The van der Waals surface area contributed by atoms with Gasteiger partial charge in [0.15, 0.2) is 6.10 Å². The van der Waals surface area contributed by atoms with Crippen molar-refractivity contribution in [3.05, 3.63) is 59.3 Å². The van der Waals surface area contributed by atoms with Crippen molar-refractivity contribution in [1.29, 1.82) is 0 Å². The molecule has 0 fully saturated rings. The molecule has 7 nitrogen and oxygen atoms in total. The van der Waals surface area contributed by atoms with E-state index < -0.39 is 6.10 Å². The van der Waals surface area contributed by atoms with Gasteiger partial charge in [0.2, 0.25) is 0 Å². The van der Waals surface area contributed by atoms with E-state index in [1.54, 1.807) is 6.20 Å². The van der Waals surface area contributed by atoms with Crippen LogP contribution in [0.3, 0.4) is 0 Å². The highest BCUT2D eigenvalue weighted by Crippen LogP contribution is 2.23. The van der Waals surface area contributed by atoms with Gasteiger partial charge in [-0.25, -0.2) is 4.98 Å². The van der Waals surface area contributed by atoms with Crippen LogP contribution in [0.15, 0.2) is 35.0 Å². The van der Waals surface area contributed by atoms with E-state index in [2.05, 4.69) is 28.0 Å². The molecule has 0 spiro atoms. The SMILES string of the molecule is CCc1ccc(CN2CCn3nc(C(O)c4nccn4C)cc3C2)o1. The van der Waals surface area contributed by atoms with Crippen LogP contribution in [0, 0.1) is 0 Å². The van der Waals surface area contributed by atoms with E-state index in [9.17, 15) is 5.11 Å². The number of hydrogen-bond acceptors (Lipinski definition) is 5. The van der Waals surface area contributed by atoms with E-state index in [-0.39, 0.29) is 0 Å². The molecule has 3 aromatic rings. The quantitative estimate of drug-likeness (QED) is 0.767. The normalized spacial score (nSPS) is 16.1. The largest absolute Gasteiger partial charge is 0.465 e. The fourth-order valence-corrected chi connectivity index (χ4v) is 3.30. The van der Waals surface area contributed by atoms with Crippen molar-refractivity contribution < 1.29 is 9.52 Å². The highest BCUT2D eigenvalue weighted by molar-refractivity contribution is 5.20. The van der Waals surface area contributed by atoms with E-state index in [0.29, 0.717) is 11.5 Å². The van der Waals surface area contributed by atoms with Gasteiger partial charge in [-0.05, 0) is 18.2 Å². The molecule has 0 saturated carbocycles. The molecule has 4 rings (SSSR count). The van der Waals surface area contributed by atoms with Crippen LogP contribution in [0.2, 0.25) is 0 Å². The number of aryl methyl sites for hydroxylation is 2. The van der Waals surface area contributed by atoms with Crippen molar-refractivity contribution >= 4 is 0 Å². The van der Waals surface area contributed by atoms with Crippen LogP contribution >= 0.6 is 0 Å². The molecule has 7 heteroatoms. The van der Waals surface area contributed by atoms with Crippen molar-refractivity contribution in [2.24, 2.45) is 7.05 Å². The molecule has 0 radical (unpaired) electrons. The van der Waals surface area contributed by atoms with E-state index in [0.717, 1.165) is 49.8 Å². The summed E-state index contributed by atoms with van der Waals surface area (Å²) < 4.78 is 9.61. The molecular weight excluding hydrogens is 318 g/mol. The van der Waals surface area contributed by atoms with Gasteiger partial charge >= 0.3 is 0 Å². The van der Waals surface area contributed by atoms with Crippen LogP contribution in [0.1, 0.15) is 41.8 Å². The van der Waals surface area contributed by atoms with Gasteiger partial charge in [0.05, 0.1) is 24.5 Å². The third kappa shape index (κ3) is 3.12. The monoisotopic (exact) mass is 341 g/mol. The predicted molar refractivity (Wildman–Crippen MR) is 91.7 cm³/mol. The van der Waals surface area contributed by atoms with Crippen LogP contribution in [-0.4, -0.2) is 35.9 Å². The molecule has 4 heterocycles. The third-order valence-electron chi connectivity index (χ3n) is 4.72. The minimum absolute atomic E-state index is 0.606. The molecule has 0 aromatic carbocycles. The smallest absolute Gasteiger partial charge is 0.155 e. The second-order valence-electron chi connectivity index (χ2n) is 6.51. The first kappa shape index (κ1) is 16.1. The number of fused-ring (bicyclic) bond motifs is 1. The lowest BCUT2D eigenvalue weighted by molar-refractivity contribution is 0.186. The van der Waals surface area contributed by atoms with Gasteiger partial charge in [-0.1, -0.05) is 6.92 Å². The standard InChI is InChI=1S/C18H23N5O2/c1-3-14-4-5-15(25-14)12-22-8-9-23-13(11-22)10-16(20-23)17(24)18-19-6-7-21(18)2/h4-7,10,17,24H,3,8-9,11-12H2,1-2H3. The van der Waals surface area contributed by atoms with Crippen molar-refractivity contribution in [3.63, 3.8) is 0 Å². The molecule has 0 bridgehead atoms. The zero-order chi connectivity index (χ0) is 17.4. The van der Waals surface area contributed by atoms with Crippen LogP contribution in [0.25, 0.3) is 0 Å². The molecule has 3 aromatic heterocycles. The summed E-state index contributed by atoms with van der Waals surface area (Å²) in [5, 5.41) is 15.1. The van der Waals surface area contributed by atoms with Crippen LogP contribution in [-0.2, 0) is 33.1 Å². The lowest BCUT2D eigenvalue weighted by Gasteiger charge is -2.26. The summed E-state index contributed by atoms with van der Waals surface area (Å²) in [5.41, 5.74) is 1.76. The molecule has 1 unspecified atom stereocenters. The highest BCUT2D eigenvalue weighted by atomic mass is 16.3. The Kier molecular flexibility index (Phi) is 4.19. The number of aliphatic hydroxyl groups excluding tert-OH is 1.